The van der Waals surface area contributed by atoms with Gasteiger partial charge in [0, 0.05) is 36.8 Å². The van der Waals surface area contributed by atoms with Gasteiger partial charge < -0.3 is 14.5 Å². The maximum atomic E-state index is 12.9. The van der Waals surface area contributed by atoms with E-state index in [-0.39, 0.29) is 5.91 Å². The van der Waals surface area contributed by atoms with Gasteiger partial charge in [-0.1, -0.05) is 35.3 Å². The van der Waals surface area contributed by atoms with Gasteiger partial charge in [0.15, 0.2) is 11.9 Å². The third-order valence-corrected chi connectivity index (χ3v) is 6.53. The lowest BCUT2D eigenvalue weighted by molar-refractivity contribution is -0.138. The summed E-state index contributed by atoms with van der Waals surface area (Å²) in [5.74, 6) is 1.52. The second-order valence-electron chi connectivity index (χ2n) is 8.17. The highest BCUT2D eigenvalue weighted by atomic mass is 35.5. The average molecular weight is 485 g/mol. The van der Waals surface area contributed by atoms with Crippen LogP contribution < -0.4 is 9.64 Å². The molecular weight excluding hydrogens is 459 g/mol. The summed E-state index contributed by atoms with van der Waals surface area (Å²) >= 11 is 12.3. The molecule has 1 unspecified atom stereocenters. The molecule has 2 aromatic carbocycles. The summed E-state index contributed by atoms with van der Waals surface area (Å²) in [4.78, 5) is 16.9. The molecule has 0 saturated carbocycles. The molecule has 172 valence electrons. The second kappa shape index (κ2) is 9.98. The lowest BCUT2D eigenvalue weighted by Crippen LogP contribution is -2.52. The SMILES string of the molecule is Cc1cccc(OC(C)C(=O)N2CCN(c3ccc(-c4ccc(Cl)cc4Cl)nn3)CC2)c1C. The van der Waals surface area contributed by atoms with Gasteiger partial charge in [0.05, 0.1) is 10.7 Å². The lowest BCUT2D eigenvalue weighted by Gasteiger charge is -2.36. The summed E-state index contributed by atoms with van der Waals surface area (Å²) in [7, 11) is 0. The molecule has 4 rings (SSSR count). The molecule has 8 heteroatoms. The second-order valence-corrected chi connectivity index (χ2v) is 9.02. The summed E-state index contributed by atoms with van der Waals surface area (Å²) < 4.78 is 5.98. The van der Waals surface area contributed by atoms with Crippen LogP contribution in [0.25, 0.3) is 11.3 Å². The van der Waals surface area contributed by atoms with Crippen molar-refractivity contribution >= 4 is 34.9 Å². The first kappa shape index (κ1) is 23.3. The van der Waals surface area contributed by atoms with Crippen molar-refractivity contribution in [3.05, 3.63) is 69.7 Å². The third kappa shape index (κ3) is 5.23. The number of rotatable bonds is 5. The molecule has 6 nitrogen and oxygen atoms in total. The predicted molar refractivity (Wildman–Crippen MR) is 132 cm³/mol. The van der Waals surface area contributed by atoms with E-state index in [2.05, 4.69) is 15.1 Å². The summed E-state index contributed by atoms with van der Waals surface area (Å²) in [6, 6.07) is 15.0. The van der Waals surface area contributed by atoms with E-state index in [0.29, 0.717) is 41.9 Å². The molecule has 1 aliphatic heterocycles. The summed E-state index contributed by atoms with van der Waals surface area (Å²) in [6.07, 6.45) is -0.541. The van der Waals surface area contributed by atoms with E-state index in [0.717, 1.165) is 28.3 Å². The minimum atomic E-state index is -0.541. The molecule has 1 saturated heterocycles. The quantitative estimate of drug-likeness (QED) is 0.498. The molecule has 1 fully saturated rings. The number of ether oxygens (including phenoxy) is 1. The molecule has 2 heterocycles. The highest BCUT2D eigenvalue weighted by molar-refractivity contribution is 6.36. The van der Waals surface area contributed by atoms with Crippen molar-refractivity contribution in [2.75, 3.05) is 31.1 Å². The number of amides is 1. The average Bonchev–Trinajstić information content (AvgIpc) is 2.82. The van der Waals surface area contributed by atoms with E-state index < -0.39 is 6.10 Å². The number of anilines is 1. The van der Waals surface area contributed by atoms with Gasteiger partial charge in [0.25, 0.3) is 5.91 Å². The number of halogens is 2. The van der Waals surface area contributed by atoms with Crippen LogP contribution in [-0.2, 0) is 4.79 Å². The molecule has 0 aliphatic carbocycles. The first-order valence-electron chi connectivity index (χ1n) is 10.9. The van der Waals surface area contributed by atoms with E-state index >= 15 is 0 Å². The normalized spacial score (nSPS) is 14.8. The van der Waals surface area contributed by atoms with E-state index in [9.17, 15) is 4.79 Å². The smallest absolute Gasteiger partial charge is 0.263 e. The molecule has 3 aromatic rings. The number of carbonyl (C=O) groups is 1. The van der Waals surface area contributed by atoms with Crippen molar-refractivity contribution in [3.63, 3.8) is 0 Å². The molecular formula is C25H26Cl2N4O2. The van der Waals surface area contributed by atoms with Crippen molar-refractivity contribution < 1.29 is 9.53 Å². The van der Waals surface area contributed by atoms with Gasteiger partial charge >= 0.3 is 0 Å². The maximum Gasteiger partial charge on any atom is 0.263 e. The zero-order chi connectivity index (χ0) is 23.5. The maximum absolute atomic E-state index is 12.9. The van der Waals surface area contributed by atoms with E-state index in [1.807, 2.05) is 62.1 Å². The molecule has 0 bridgehead atoms. The Morgan fingerprint density at radius 2 is 1.76 bits per heavy atom. The Kier molecular flexibility index (Phi) is 7.05. The first-order valence-corrected chi connectivity index (χ1v) is 11.6. The monoisotopic (exact) mass is 484 g/mol. The highest BCUT2D eigenvalue weighted by Crippen LogP contribution is 2.29. The molecule has 33 heavy (non-hydrogen) atoms. The van der Waals surface area contributed by atoms with Crippen molar-refractivity contribution in [1.29, 1.82) is 0 Å². The fourth-order valence-electron chi connectivity index (χ4n) is 3.84. The summed E-state index contributed by atoms with van der Waals surface area (Å²) in [5.41, 5.74) is 3.68. The summed E-state index contributed by atoms with van der Waals surface area (Å²) in [5, 5.41) is 9.83. The fourth-order valence-corrected chi connectivity index (χ4v) is 4.35. The molecule has 1 aliphatic rings. The zero-order valence-corrected chi connectivity index (χ0v) is 20.4. The highest BCUT2D eigenvalue weighted by Gasteiger charge is 2.27. The number of piperazine rings is 1. The molecule has 0 N–H and O–H groups in total. The van der Waals surface area contributed by atoms with Crippen LogP contribution in [0.2, 0.25) is 10.0 Å². The number of carbonyl (C=O) groups excluding carboxylic acids is 1. The van der Waals surface area contributed by atoms with Gasteiger partial charge in [-0.25, -0.2) is 0 Å². The first-order chi connectivity index (χ1) is 15.8. The predicted octanol–water partition coefficient (Wildman–Crippen LogP) is 5.18. The molecule has 1 aromatic heterocycles. The van der Waals surface area contributed by atoms with Gasteiger partial charge in [-0.15, -0.1) is 10.2 Å². The van der Waals surface area contributed by atoms with Crippen LogP contribution in [0.3, 0.4) is 0 Å². The Hall–Kier alpha value is -2.83. The number of aryl methyl sites for hydroxylation is 1. The van der Waals surface area contributed by atoms with Gasteiger partial charge in [-0.05, 0) is 68.3 Å². The van der Waals surface area contributed by atoms with Crippen molar-refractivity contribution in [2.45, 2.75) is 26.9 Å². The van der Waals surface area contributed by atoms with Gasteiger partial charge in [0.2, 0.25) is 0 Å². The Morgan fingerprint density at radius 1 is 1.00 bits per heavy atom. The van der Waals surface area contributed by atoms with E-state index in [1.54, 1.807) is 12.1 Å². The number of hydrogen-bond acceptors (Lipinski definition) is 5. The van der Waals surface area contributed by atoms with Crippen LogP contribution in [0.5, 0.6) is 5.75 Å². The zero-order valence-electron chi connectivity index (χ0n) is 18.9. The van der Waals surface area contributed by atoms with Crippen LogP contribution in [0, 0.1) is 13.8 Å². The number of benzene rings is 2. The third-order valence-electron chi connectivity index (χ3n) is 5.98. The number of hydrogen-bond donors (Lipinski definition) is 0. The molecule has 0 radical (unpaired) electrons. The standard InChI is InChI=1S/C25H26Cl2N4O2/c1-16-5-4-6-23(17(16)2)33-18(3)25(32)31-13-11-30(12-14-31)24-10-9-22(28-29-24)20-8-7-19(26)15-21(20)27/h4-10,15,18H,11-14H2,1-3H3. The van der Waals surface area contributed by atoms with Gasteiger partial charge in [0.1, 0.15) is 5.75 Å². The Morgan fingerprint density at radius 3 is 2.42 bits per heavy atom. The van der Waals surface area contributed by atoms with Crippen molar-refractivity contribution in [2.24, 2.45) is 0 Å². The lowest BCUT2D eigenvalue weighted by atomic mass is 10.1. The Labute approximate surface area is 204 Å². The minimum absolute atomic E-state index is 0.00521. The molecule has 1 atom stereocenters. The van der Waals surface area contributed by atoms with Gasteiger partial charge in [-0.2, -0.15) is 0 Å². The largest absolute Gasteiger partial charge is 0.481 e. The number of aromatic nitrogens is 2. The van der Waals surface area contributed by atoms with Crippen molar-refractivity contribution in [3.8, 4) is 17.0 Å². The molecule has 0 spiro atoms. The minimum Gasteiger partial charge on any atom is -0.481 e. The topological polar surface area (TPSA) is 58.6 Å². The Bertz CT molecular complexity index is 1150. The van der Waals surface area contributed by atoms with E-state index in [1.165, 1.54) is 0 Å². The Balaban J connectivity index is 1.35. The van der Waals surface area contributed by atoms with Crippen LogP contribution in [-0.4, -0.2) is 53.3 Å². The summed E-state index contributed by atoms with van der Waals surface area (Å²) in [6.45, 7) is 8.41. The number of nitrogens with zero attached hydrogens (tertiary/aromatic N) is 4. The molecule has 1 amide bonds. The van der Waals surface area contributed by atoms with E-state index in [4.69, 9.17) is 27.9 Å². The van der Waals surface area contributed by atoms with Crippen LogP contribution in [0.4, 0.5) is 5.82 Å². The van der Waals surface area contributed by atoms with Gasteiger partial charge in [-0.3, -0.25) is 4.79 Å². The van der Waals surface area contributed by atoms with Crippen molar-refractivity contribution in [1.82, 2.24) is 15.1 Å². The fraction of sp³-hybridized carbons (Fsp3) is 0.320. The van der Waals surface area contributed by atoms with Crippen LogP contribution >= 0.6 is 23.2 Å². The van der Waals surface area contributed by atoms with Crippen LogP contribution in [0.15, 0.2) is 48.5 Å². The van der Waals surface area contributed by atoms with Crippen LogP contribution in [0.1, 0.15) is 18.1 Å².